The Balaban J connectivity index is 1.97. The molecule has 4 aromatic rings. The first-order chi connectivity index (χ1) is 13.3. The van der Waals surface area contributed by atoms with Crippen LogP contribution in [0.1, 0.15) is 17.0 Å². The normalized spacial score (nSPS) is 12.0. The van der Waals surface area contributed by atoms with E-state index in [1.807, 2.05) is 78.9 Å². The molecule has 0 aliphatic heterocycles. The van der Waals surface area contributed by atoms with Crippen molar-refractivity contribution in [2.75, 3.05) is 0 Å². The van der Waals surface area contributed by atoms with Crippen molar-refractivity contribution in [3.8, 4) is 11.3 Å². The van der Waals surface area contributed by atoms with Crippen molar-refractivity contribution in [3.63, 3.8) is 0 Å². The third-order valence-corrected chi connectivity index (χ3v) is 4.87. The van der Waals surface area contributed by atoms with Crippen molar-refractivity contribution in [1.82, 2.24) is 0 Å². The molecule has 4 rings (SSSR count). The molecular formula is C25H20O2. The predicted molar refractivity (Wildman–Crippen MR) is 111 cm³/mol. The van der Waals surface area contributed by atoms with Gasteiger partial charge in [-0.1, -0.05) is 84.9 Å². The topological polar surface area (TPSA) is 30.2 Å². The maximum absolute atomic E-state index is 12.6. The Bertz CT molecular complexity index is 1130. The van der Waals surface area contributed by atoms with Gasteiger partial charge >= 0.3 is 5.63 Å². The SMILES string of the molecule is C=CC(Cc1ccccc1)c1c(-c2ccccc2)oc(=O)c2ccccc12. The second-order valence-corrected chi connectivity index (χ2v) is 6.58. The lowest BCUT2D eigenvalue weighted by Gasteiger charge is -2.19. The molecule has 3 aromatic carbocycles. The van der Waals surface area contributed by atoms with Gasteiger partial charge in [-0.15, -0.1) is 6.58 Å². The van der Waals surface area contributed by atoms with Crippen molar-refractivity contribution in [2.45, 2.75) is 12.3 Å². The van der Waals surface area contributed by atoms with Gasteiger partial charge in [-0.3, -0.25) is 0 Å². The molecule has 0 fully saturated rings. The average Bonchev–Trinajstić information content (AvgIpc) is 2.74. The van der Waals surface area contributed by atoms with Crippen LogP contribution in [0.25, 0.3) is 22.1 Å². The summed E-state index contributed by atoms with van der Waals surface area (Å²) in [5, 5.41) is 1.53. The Morgan fingerprint density at radius 1 is 0.815 bits per heavy atom. The van der Waals surface area contributed by atoms with Crippen molar-refractivity contribution >= 4 is 10.8 Å². The van der Waals surface area contributed by atoms with Gasteiger partial charge < -0.3 is 4.42 Å². The van der Waals surface area contributed by atoms with Crippen LogP contribution in [0, 0.1) is 0 Å². The minimum Gasteiger partial charge on any atom is -0.422 e. The maximum atomic E-state index is 12.6. The highest BCUT2D eigenvalue weighted by atomic mass is 16.4. The number of hydrogen-bond acceptors (Lipinski definition) is 2. The number of benzene rings is 3. The van der Waals surface area contributed by atoms with E-state index in [0.717, 1.165) is 22.9 Å². The summed E-state index contributed by atoms with van der Waals surface area (Å²) in [5.41, 5.74) is 2.82. The van der Waals surface area contributed by atoms with Crippen LogP contribution in [0.4, 0.5) is 0 Å². The van der Waals surface area contributed by atoms with E-state index in [9.17, 15) is 4.79 Å². The Labute approximate surface area is 158 Å². The number of rotatable bonds is 5. The fraction of sp³-hybridized carbons (Fsp3) is 0.0800. The molecular weight excluding hydrogens is 332 g/mol. The summed E-state index contributed by atoms with van der Waals surface area (Å²) in [5.74, 6) is 0.650. The van der Waals surface area contributed by atoms with Gasteiger partial charge in [-0.05, 0) is 23.4 Å². The van der Waals surface area contributed by atoms with Crippen molar-refractivity contribution in [3.05, 3.63) is 119 Å². The van der Waals surface area contributed by atoms with Crippen molar-refractivity contribution in [1.29, 1.82) is 0 Å². The van der Waals surface area contributed by atoms with E-state index < -0.39 is 0 Å². The molecule has 27 heavy (non-hydrogen) atoms. The maximum Gasteiger partial charge on any atom is 0.344 e. The molecule has 132 valence electrons. The Hall–Kier alpha value is -3.39. The molecule has 2 heteroatoms. The molecule has 0 aliphatic carbocycles. The summed E-state index contributed by atoms with van der Waals surface area (Å²) >= 11 is 0. The highest BCUT2D eigenvalue weighted by molar-refractivity contribution is 5.89. The molecule has 1 unspecified atom stereocenters. The second kappa shape index (κ2) is 7.46. The van der Waals surface area contributed by atoms with E-state index in [1.54, 1.807) is 0 Å². The van der Waals surface area contributed by atoms with Gasteiger partial charge in [-0.2, -0.15) is 0 Å². The van der Waals surface area contributed by atoms with E-state index >= 15 is 0 Å². The minimum absolute atomic E-state index is 0.0249. The lowest BCUT2D eigenvalue weighted by atomic mass is 9.87. The Morgan fingerprint density at radius 2 is 1.41 bits per heavy atom. The summed E-state index contributed by atoms with van der Waals surface area (Å²) in [6.07, 6.45) is 2.74. The van der Waals surface area contributed by atoms with Crippen LogP contribution in [-0.2, 0) is 6.42 Å². The molecule has 0 amide bonds. The lowest BCUT2D eigenvalue weighted by molar-refractivity contribution is 0.526. The molecule has 2 nitrogen and oxygen atoms in total. The smallest absolute Gasteiger partial charge is 0.344 e. The second-order valence-electron chi connectivity index (χ2n) is 6.58. The minimum atomic E-state index is -0.310. The zero-order valence-corrected chi connectivity index (χ0v) is 15.0. The summed E-state index contributed by atoms with van der Waals surface area (Å²) in [7, 11) is 0. The van der Waals surface area contributed by atoms with Crippen LogP contribution in [0.3, 0.4) is 0 Å². The molecule has 0 N–H and O–H groups in total. The first kappa shape index (κ1) is 17.0. The van der Waals surface area contributed by atoms with Gasteiger partial charge in [-0.25, -0.2) is 4.79 Å². The molecule has 0 bridgehead atoms. The largest absolute Gasteiger partial charge is 0.422 e. The van der Waals surface area contributed by atoms with E-state index in [1.165, 1.54) is 5.56 Å². The van der Waals surface area contributed by atoms with E-state index in [2.05, 4.69) is 18.7 Å². The standard InChI is InChI=1S/C25H20O2/c1-2-19(17-18-11-5-3-6-12-18)23-21-15-9-10-16-22(21)25(26)27-24(23)20-13-7-4-8-14-20/h2-16,19H,1,17H2. The zero-order valence-electron chi connectivity index (χ0n) is 15.0. The summed E-state index contributed by atoms with van der Waals surface area (Å²) in [6, 6.07) is 27.8. The summed E-state index contributed by atoms with van der Waals surface area (Å²) < 4.78 is 5.82. The molecule has 0 aliphatic rings. The molecule has 0 saturated heterocycles. The van der Waals surface area contributed by atoms with Gasteiger partial charge in [0, 0.05) is 17.0 Å². The number of fused-ring (bicyclic) bond motifs is 1. The number of hydrogen-bond donors (Lipinski definition) is 0. The van der Waals surface area contributed by atoms with Gasteiger partial charge in [0.2, 0.25) is 0 Å². The van der Waals surface area contributed by atoms with E-state index in [4.69, 9.17) is 4.42 Å². The lowest BCUT2D eigenvalue weighted by Crippen LogP contribution is -2.09. The molecule has 1 aromatic heterocycles. The van der Waals surface area contributed by atoms with Crippen molar-refractivity contribution in [2.24, 2.45) is 0 Å². The predicted octanol–water partition coefficient (Wildman–Crippen LogP) is 5.97. The first-order valence-corrected chi connectivity index (χ1v) is 9.05. The van der Waals surface area contributed by atoms with Gasteiger partial charge in [0.25, 0.3) is 0 Å². The van der Waals surface area contributed by atoms with Crippen LogP contribution in [-0.4, -0.2) is 0 Å². The van der Waals surface area contributed by atoms with Gasteiger partial charge in [0.15, 0.2) is 0 Å². The molecule has 1 atom stereocenters. The fourth-order valence-electron chi connectivity index (χ4n) is 3.56. The van der Waals surface area contributed by atoms with Gasteiger partial charge in [0.05, 0.1) is 5.39 Å². The molecule has 0 spiro atoms. The monoisotopic (exact) mass is 352 g/mol. The summed E-state index contributed by atoms with van der Waals surface area (Å²) in [6.45, 7) is 4.08. The molecule has 1 heterocycles. The molecule has 0 saturated carbocycles. The third kappa shape index (κ3) is 3.34. The highest BCUT2D eigenvalue weighted by Crippen LogP contribution is 2.36. The van der Waals surface area contributed by atoms with E-state index in [0.29, 0.717) is 11.1 Å². The van der Waals surface area contributed by atoms with Crippen LogP contribution in [0.15, 0.2) is 107 Å². The van der Waals surface area contributed by atoms with Crippen LogP contribution < -0.4 is 5.63 Å². The van der Waals surface area contributed by atoms with Crippen LogP contribution in [0.2, 0.25) is 0 Å². The fourth-order valence-corrected chi connectivity index (χ4v) is 3.56. The highest BCUT2D eigenvalue weighted by Gasteiger charge is 2.21. The average molecular weight is 352 g/mol. The molecule has 0 radical (unpaired) electrons. The van der Waals surface area contributed by atoms with Crippen molar-refractivity contribution < 1.29 is 4.42 Å². The Kier molecular flexibility index (Phi) is 4.71. The summed E-state index contributed by atoms with van der Waals surface area (Å²) in [4.78, 5) is 12.6. The van der Waals surface area contributed by atoms with Crippen LogP contribution in [0.5, 0.6) is 0 Å². The Morgan fingerprint density at radius 3 is 2.07 bits per heavy atom. The first-order valence-electron chi connectivity index (χ1n) is 9.05. The zero-order chi connectivity index (χ0) is 18.6. The third-order valence-electron chi connectivity index (χ3n) is 4.87. The van der Waals surface area contributed by atoms with E-state index in [-0.39, 0.29) is 11.5 Å². The number of allylic oxidation sites excluding steroid dienone is 1. The van der Waals surface area contributed by atoms with Gasteiger partial charge in [0.1, 0.15) is 5.76 Å². The van der Waals surface area contributed by atoms with Crippen LogP contribution >= 0.6 is 0 Å². The quantitative estimate of drug-likeness (QED) is 0.414.